The molecule has 0 unspecified atom stereocenters. The summed E-state index contributed by atoms with van der Waals surface area (Å²) in [6, 6.07) is 1.35. The highest BCUT2D eigenvalue weighted by Gasteiger charge is 2.28. The number of rotatable bonds is 9. The largest absolute Gasteiger partial charge is 0.360 e. The summed E-state index contributed by atoms with van der Waals surface area (Å²) < 4.78 is 5.14. The molecule has 1 aliphatic rings. The van der Waals surface area contributed by atoms with Crippen molar-refractivity contribution in [2.75, 3.05) is 6.54 Å². The SMILES string of the molecule is C[C@@H](N)C(=O)CCCCCNC(=O)c1cc(C2CC2)on1. The van der Waals surface area contributed by atoms with Gasteiger partial charge in [-0.1, -0.05) is 11.6 Å². The fraction of sp³-hybridized carbons (Fsp3) is 0.667. The van der Waals surface area contributed by atoms with E-state index in [9.17, 15) is 9.59 Å². The Balaban J connectivity index is 1.57. The molecule has 1 aromatic rings. The molecule has 0 spiro atoms. The first-order chi connectivity index (χ1) is 10.1. The minimum Gasteiger partial charge on any atom is -0.360 e. The highest BCUT2D eigenvalue weighted by Crippen LogP contribution is 2.40. The molecule has 6 nitrogen and oxygen atoms in total. The first-order valence-corrected chi connectivity index (χ1v) is 7.61. The van der Waals surface area contributed by atoms with Gasteiger partial charge in [0, 0.05) is 24.9 Å². The first-order valence-electron chi connectivity index (χ1n) is 7.61. The minimum absolute atomic E-state index is 0.0919. The summed E-state index contributed by atoms with van der Waals surface area (Å²) in [6.45, 7) is 2.28. The molecule has 1 atom stereocenters. The summed E-state index contributed by atoms with van der Waals surface area (Å²) in [6.07, 6.45) is 5.30. The van der Waals surface area contributed by atoms with E-state index >= 15 is 0 Å². The lowest BCUT2D eigenvalue weighted by atomic mass is 10.1. The monoisotopic (exact) mass is 293 g/mol. The highest BCUT2D eigenvalue weighted by molar-refractivity contribution is 5.92. The van der Waals surface area contributed by atoms with Crippen LogP contribution in [0, 0.1) is 0 Å². The van der Waals surface area contributed by atoms with Crippen molar-refractivity contribution < 1.29 is 14.1 Å². The van der Waals surface area contributed by atoms with Crippen molar-refractivity contribution in [2.45, 2.75) is 57.4 Å². The molecule has 1 aromatic heterocycles. The fourth-order valence-corrected chi connectivity index (χ4v) is 2.08. The predicted molar refractivity (Wildman–Crippen MR) is 77.9 cm³/mol. The molecule has 1 heterocycles. The number of nitrogens with one attached hydrogen (secondary N) is 1. The van der Waals surface area contributed by atoms with Crippen LogP contribution in [0.15, 0.2) is 10.6 Å². The summed E-state index contributed by atoms with van der Waals surface area (Å²) in [5.41, 5.74) is 5.84. The van der Waals surface area contributed by atoms with E-state index in [4.69, 9.17) is 10.3 Å². The third-order valence-corrected chi connectivity index (χ3v) is 3.63. The second-order valence-corrected chi connectivity index (χ2v) is 5.71. The highest BCUT2D eigenvalue weighted by atomic mass is 16.5. The number of hydrogen-bond acceptors (Lipinski definition) is 5. The van der Waals surface area contributed by atoms with E-state index in [0.29, 0.717) is 24.6 Å². The summed E-state index contributed by atoms with van der Waals surface area (Å²) in [4.78, 5) is 23.1. The Morgan fingerprint density at radius 2 is 2.19 bits per heavy atom. The summed E-state index contributed by atoms with van der Waals surface area (Å²) in [5.74, 6) is 1.17. The smallest absolute Gasteiger partial charge is 0.273 e. The van der Waals surface area contributed by atoms with Gasteiger partial charge in [0.15, 0.2) is 5.69 Å². The van der Waals surface area contributed by atoms with Crippen LogP contribution >= 0.6 is 0 Å². The second kappa shape index (κ2) is 7.36. The lowest BCUT2D eigenvalue weighted by Crippen LogP contribution is -2.26. The molecular formula is C15H23N3O3. The molecule has 6 heteroatoms. The van der Waals surface area contributed by atoms with Crippen LogP contribution < -0.4 is 11.1 Å². The average molecular weight is 293 g/mol. The maximum Gasteiger partial charge on any atom is 0.273 e. The Kier molecular flexibility index (Phi) is 5.50. The third-order valence-electron chi connectivity index (χ3n) is 3.63. The van der Waals surface area contributed by atoms with Crippen molar-refractivity contribution >= 4 is 11.7 Å². The van der Waals surface area contributed by atoms with E-state index in [-0.39, 0.29) is 17.7 Å². The number of hydrogen-bond donors (Lipinski definition) is 2. The Morgan fingerprint density at radius 3 is 2.86 bits per heavy atom. The molecule has 1 aliphatic carbocycles. The van der Waals surface area contributed by atoms with E-state index in [1.165, 1.54) is 0 Å². The molecule has 1 saturated carbocycles. The van der Waals surface area contributed by atoms with Gasteiger partial charge in [-0.2, -0.15) is 0 Å². The van der Waals surface area contributed by atoms with E-state index in [2.05, 4.69) is 10.5 Å². The molecule has 1 fully saturated rings. The lowest BCUT2D eigenvalue weighted by Gasteiger charge is -2.04. The van der Waals surface area contributed by atoms with E-state index < -0.39 is 0 Å². The number of aromatic nitrogens is 1. The normalized spacial score (nSPS) is 15.7. The molecule has 3 N–H and O–H groups in total. The topological polar surface area (TPSA) is 98.2 Å². The number of amides is 1. The Morgan fingerprint density at radius 1 is 1.43 bits per heavy atom. The average Bonchev–Trinajstić information content (AvgIpc) is 3.19. The van der Waals surface area contributed by atoms with Gasteiger partial charge in [-0.3, -0.25) is 9.59 Å². The molecule has 0 aliphatic heterocycles. The van der Waals surface area contributed by atoms with E-state index in [0.717, 1.165) is 37.9 Å². The van der Waals surface area contributed by atoms with Gasteiger partial charge in [0.25, 0.3) is 5.91 Å². The Hall–Kier alpha value is -1.69. The summed E-state index contributed by atoms with van der Waals surface area (Å²) in [5, 5.41) is 6.60. The summed E-state index contributed by atoms with van der Waals surface area (Å²) in [7, 11) is 0. The van der Waals surface area contributed by atoms with Crippen LogP contribution in [-0.4, -0.2) is 29.4 Å². The zero-order chi connectivity index (χ0) is 15.2. The van der Waals surface area contributed by atoms with Gasteiger partial charge in [-0.25, -0.2) is 0 Å². The molecule has 0 aromatic carbocycles. The first kappa shape index (κ1) is 15.7. The van der Waals surface area contributed by atoms with Gasteiger partial charge < -0.3 is 15.6 Å². The van der Waals surface area contributed by atoms with Crippen LogP contribution in [-0.2, 0) is 4.79 Å². The molecule has 21 heavy (non-hydrogen) atoms. The lowest BCUT2D eigenvalue weighted by molar-refractivity contribution is -0.120. The Bertz CT molecular complexity index is 492. The standard InChI is InChI=1S/C15H23N3O3/c1-10(16)13(19)5-3-2-4-8-17-15(20)12-9-14(21-18-12)11-6-7-11/h9-11H,2-8,16H2,1H3,(H,17,20)/t10-/m1/s1. The quantitative estimate of drug-likeness (QED) is 0.676. The molecule has 0 radical (unpaired) electrons. The number of nitrogens with zero attached hydrogens (tertiary/aromatic N) is 1. The van der Waals surface area contributed by atoms with Crippen molar-refractivity contribution in [1.29, 1.82) is 0 Å². The van der Waals surface area contributed by atoms with Gasteiger partial charge in [0.2, 0.25) is 0 Å². The number of ketones is 1. The molecule has 0 saturated heterocycles. The maximum atomic E-state index is 11.8. The third kappa shape index (κ3) is 4.97. The van der Waals surface area contributed by atoms with E-state index in [1.807, 2.05) is 0 Å². The van der Waals surface area contributed by atoms with Crippen LogP contribution in [0.3, 0.4) is 0 Å². The van der Waals surface area contributed by atoms with E-state index in [1.54, 1.807) is 13.0 Å². The Labute approximate surface area is 124 Å². The molecule has 1 amide bonds. The zero-order valence-electron chi connectivity index (χ0n) is 12.4. The van der Waals surface area contributed by atoms with Gasteiger partial charge in [0.05, 0.1) is 6.04 Å². The van der Waals surface area contributed by atoms with Gasteiger partial charge in [0.1, 0.15) is 11.5 Å². The van der Waals surface area contributed by atoms with Crippen molar-refractivity contribution in [3.8, 4) is 0 Å². The number of carbonyl (C=O) groups excluding carboxylic acids is 2. The van der Waals surface area contributed by atoms with Crippen molar-refractivity contribution in [1.82, 2.24) is 10.5 Å². The van der Waals surface area contributed by atoms with Crippen LogP contribution in [0.25, 0.3) is 0 Å². The van der Waals surface area contributed by atoms with Crippen LogP contribution in [0.4, 0.5) is 0 Å². The van der Waals surface area contributed by atoms with Gasteiger partial charge in [-0.15, -0.1) is 0 Å². The predicted octanol–water partition coefficient (Wildman–Crippen LogP) is 1.76. The number of carbonyl (C=O) groups is 2. The molecule has 0 bridgehead atoms. The fourth-order valence-electron chi connectivity index (χ4n) is 2.08. The van der Waals surface area contributed by atoms with Gasteiger partial charge in [-0.05, 0) is 32.6 Å². The minimum atomic E-state index is -0.377. The van der Waals surface area contributed by atoms with Crippen molar-refractivity contribution in [3.63, 3.8) is 0 Å². The second-order valence-electron chi connectivity index (χ2n) is 5.71. The zero-order valence-corrected chi connectivity index (χ0v) is 12.4. The molecular weight excluding hydrogens is 270 g/mol. The van der Waals surface area contributed by atoms with Gasteiger partial charge >= 0.3 is 0 Å². The number of unbranched alkanes of at least 4 members (excludes halogenated alkanes) is 2. The van der Waals surface area contributed by atoms with Crippen LogP contribution in [0.5, 0.6) is 0 Å². The van der Waals surface area contributed by atoms with Crippen LogP contribution in [0.1, 0.15) is 67.6 Å². The van der Waals surface area contributed by atoms with Crippen LogP contribution in [0.2, 0.25) is 0 Å². The number of nitrogens with two attached hydrogens (primary N) is 1. The summed E-state index contributed by atoms with van der Waals surface area (Å²) >= 11 is 0. The maximum absolute atomic E-state index is 11.8. The molecule has 2 rings (SSSR count). The number of Topliss-reactive ketones (excluding diaryl/α,β-unsaturated/α-hetero) is 1. The van der Waals surface area contributed by atoms with Crippen molar-refractivity contribution in [2.24, 2.45) is 5.73 Å². The molecule has 116 valence electrons. The van der Waals surface area contributed by atoms with Crippen molar-refractivity contribution in [3.05, 3.63) is 17.5 Å².